The first-order chi connectivity index (χ1) is 21.6. The van der Waals surface area contributed by atoms with Crippen LogP contribution in [0.15, 0.2) is 0 Å². The summed E-state index contributed by atoms with van der Waals surface area (Å²) in [7, 11) is 0. The number of carboxylic acid groups (broad SMARTS) is 1. The Morgan fingerprint density at radius 3 is 1.07 bits per heavy atom. The van der Waals surface area contributed by atoms with Crippen LogP contribution in [0.1, 0.15) is 239 Å². The van der Waals surface area contributed by atoms with E-state index in [4.69, 9.17) is 9.84 Å². The Labute approximate surface area is 275 Å². The van der Waals surface area contributed by atoms with Gasteiger partial charge in [-0.3, -0.25) is 9.59 Å². The average molecular weight is 623 g/mol. The number of carbonyl (C=O) groups excluding carboxylic acids is 1. The maximum absolute atomic E-state index is 12.5. The third kappa shape index (κ3) is 35.4. The Balaban J connectivity index is 3.58. The van der Waals surface area contributed by atoms with Crippen LogP contribution in [0, 0.1) is 0 Å². The van der Waals surface area contributed by atoms with Crippen LogP contribution in [0.3, 0.4) is 0 Å². The Morgan fingerprint density at radius 2 is 0.705 bits per heavy atom. The summed E-state index contributed by atoms with van der Waals surface area (Å²) in [6.45, 7) is 4.51. The van der Waals surface area contributed by atoms with Gasteiger partial charge >= 0.3 is 11.9 Å². The van der Waals surface area contributed by atoms with Gasteiger partial charge in [-0.25, -0.2) is 0 Å². The van der Waals surface area contributed by atoms with Crippen LogP contribution in [-0.4, -0.2) is 23.1 Å². The van der Waals surface area contributed by atoms with E-state index in [1.165, 1.54) is 173 Å². The predicted molar refractivity (Wildman–Crippen MR) is 190 cm³/mol. The summed E-state index contributed by atoms with van der Waals surface area (Å²) >= 11 is 0. The molecule has 0 saturated heterocycles. The summed E-state index contributed by atoms with van der Waals surface area (Å²) in [5.74, 6) is -0.624. The van der Waals surface area contributed by atoms with E-state index < -0.39 is 5.97 Å². The largest absolute Gasteiger partial charge is 0.481 e. The minimum atomic E-state index is -0.664. The van der Waals surface area contributed by atoms with Gasteiger partial charge in [0.05, 0.1) is 0 Å². The fourth-order valence-corrected chi connectivity index (χ4v) is 6.35. The van der Waals surface area contributed by atoms with Crippen molar-refractivity contribution < 1.29 is 19.4 Å². The zero-order valence-electron chi connectivity index (χ0n) is 30.0. The van der Waals surface area contributed by atoms with Crippen molar-refractivity contribution in [3.8, 4) is 0 Å². The molecule has 44 heavy (non-hydrogen) atoms. The number of esters is 1. The molecule has 0 spiro atoms. The van der Waals surface area contributed by atoms with Crippen LogP contribution in [0.5, 0.6) is 0 Å². The third-order valence-corrected chi connectivity index (χ3v) is 9.33. The van der Waals surface area contributed by atoms with Crippen LogP contribution >= 0.6 is 0 Å². The Hall–Kier alpha value is -1.06. The normalized spacial score (nSPS) is 12.0. The van der Waals surface area contributed by atoms with Crippen molar-refractivity contribution in [1.82, 2.24) is 0 Å². The number of carboxylic acids is 1. The number of carbonyl (C=O) groups is 2. The number of ether oxygens (including phenoxy) is 1. The molecule has 0 aromatic carbocycles. The second kappa shape index (κ2) is 36.4. The number of aliphatic carboxylic acids is 1. The topological polar surface area (TPSA) is 63.6 Å². The van der Waals surface area contributed by atoms with E-state index in [9.17, 15) is 9.59 Å². The summed E-state index contributed by atoms with van der Waals surface area (Å²) in [6, 6.07) is 0. The number of unbranched alkanes of at least 4 members (excludes halogenated alkanes) is 28. The van der Waals surface area contributed by atoms with Crippen molar-refractivity contribution in [2.75, 3.05) is 0 Å². The van der Waals surface area contributed by atoms with Gasteiger partial charge in [0.1, 0.15) is 6.10 Å². The van der Waals surface area contributed by atoms with Gasteiger partial charge in [-0.15, -0.1) is 0 Å². The van der Waals surface area contributed by atoms with E-state index in [0.717, 1.165) is 38.5 Å². The van der Waals surface area contributed by atoms with Crippen LogP contribution in [-0.2, 0) is 14.3 Å². The Kier molecular flexibility index (Phi) is 35.5. The lowest BCUT2D eigenvalue weighted by Gasteiger charge is -2.18. The van der Waals surface area contributed by atoms with E-state index >= 15 is 0 Å². The van der Waals surface area contributed by atoms with Gasteiger partial charge in [-0.1, -0.05) is 194 Å². The highest BCUT2D eigenvalue weighted by atomic mass is 16.5. The van der Waals surface area contributed by atoms with Crippen molar-refractivity contribution in [1.29, 1.82) is 0 Å². The summed E-state index contributed by atoms with van der Waals surface area (Å²) < 4.78 is 5.94. The molecule has 1 N–H and O–H groups in total. The molecular formula is C40H78O4. The van der Waals surface area contributed by atoms with Gasteiger partial charge in [0.25, 0.3) is 0 Å². The lowest BCUT2D eigenvalue weighted by Crippen LogP contribution is -2.18. The third-order valence-electron chi connectivity index (χ3n) is 9.33. The lowest BCUT2D eigenvalue weighted by atomic mass is 10.0. The highest BCUT2D eigenvalue weighted by Crippen LogP contribution is 2.18. The molecule has 0 aromatic rings. The predicted octanol–water partition coefficient (Wildman–Crippen LogP) is 13.7. The molecule has 262 valence electrons. The van der Waals surface area contributed by atoms with Crippen molar-refractivity contribution in [2.45, 2.75) is 245 Å². The molecule has 1 atom stereocenters. The molecule has 0 aliphatic heterocycles. The molecule has 4 nitrogen and oxygen atoms in total. The number of hydrogen-bond donors (Lipinski definition) is 1. The first-order valence-electron chi connectivity index (χ1n) is 20.0. The van der Waals surface area contributed by atoms with E-state index in [-0.39, 0.29) is 12.1 Å². The molecular weight excluding hydrogens is 544 g/mol. The second-order valence-electron chi connectivity index (χ2n) is 13.8. The molecule has 0 bridgehead atoms. The quantitative estimate of drug-likeness (QED) is 0.0553. The maximum Gasteiger partial charge on any atom is 0.306 e. The van der Waals surface area contributed by atoms with Gasteiger partial charge in [0.15, 0.2) is 0 Å². The van der Waals surface area contributed by atoms with E-state index in [2.05, 4.69) is 13.8 Å². The first kappa shape index (κ1) is 42.9. The van der Waals surface area contributed by atoms with Gasteiger partial charge in [-0.05, 0) is 32.1 Å². The van der Waals surface area contributed by atoms with Crippen molar-refractivity contribution in [3.63, 3.8) is 0 Å². The standard InChI is InChI=1S/C40H78O4/c1-3-5-7-8-9-10-11-12-13-18-21-24-27-30-33-37-40(43)44-38(34-6-4-2)35-31-28-25-22-19-16-14-15-17-20-23-26-29-32-36-39(41)42/h38H,3-37H2,1-2H3,(H,41,42). The molecule has 0 saturated carbocycles. The molecule has 0 rings (SSSR count). The van der Waals surface area contributed by atoms with Crippen LogP contribution in [0.2, 0.25) is 0 Å². The monoisotopic (exact) mass is 623 g/mol. The minimum Gasteiger partial charge on any atom is -0.481 e. The molecule has 4 heteroatoms. The van der Waals surface area contributed by atoms with Crippen molar-refractivity contribution >= 4 is 11.9 Å². The SMILES string of the molecule is CCCCCCCCCCCCCCCCCC(=O)OC(CCCC)CCCCCCCCCCCCCCCCC(=O)O. The summed E-state index contributed by atoms with van der Waals surface area (Å²) in [5, 5.41) is 8.66. The van der Waals surface area contributed by atoms with Gasteiger partial charge in [0.2, 0.25) is 0 Å². The van der Waals surface area contributed by atoms with Gasteiger partial charge in [0, 0.05) is 12.8 Å². The Morgan fingerprint density at radius 1 is 0.409 bits per heavy atom. The zero-order chi connectivity index (χ0) is 32.2. The molecule has 0 fully saturated rings. The minimum absolute atomic E-state index is 0.0407. The zero-order valence-corrected chi connectivity index (χ0v) is 30.0. The van der Waals surface area contributed by atoms with Crippen LogP contribution in [0.25, 0.3) is 0 Å². The molecule has 0 aliphatic rings. The van der Waals surface area contributed by atoms with Crippen molar-refractivity contribution in [3.05, 3.63) is 0 Å². The molecule has 0 amide bonds. The summed E-state index contributed by atoms with van der Waals surface area (Å²) in [4.78, 5) is 23.0. The highest BCUT2D eigenvalue weighted by Gasteiger charge is 2.14. The second-order valence-corrected chi connectivity index (χ2v) is 13.8. The van der Waals surface area contributed by atoms with E-state index in [1.807, 2.05) is 0 Å². The van der Waals surface area contributed by atoms with E-state index in [0.29, 0.717) is 12.8 Å². The molecule has 1 unspecified atom stereocenters. The lowest BCUT2D eigenvalue weighted by molar-refractivity contribution is -0.150. The summed E-state index contributed by atoms with van der Waals surface area (Å²) in [5.41, 5.74) is 0. The van der Waals surface area contributed by atoms with Crippen LogP contribution in [0.4, 0.5) is 0 Å². The summed E-state index contributed by atoms with van der Waals surface area (Å²) in [6.07, 6.45) is 43.2. The van der Waals surface area contributed by atoms with Crippen LogP contribution < -0.4 is 0 Å². The van der Waals surface area contributed by atoms with Crippen molar-refractivity contribution in [2.24, 2.45) is 0 Å². The van der Waals surface area contributed by atoms with Gasteiger partial charge < -0.3 is 9.84 Å². The fraction of sp³-hybridized carbons (Fsp3) is 0.950. The fourth-order valence-electron chi connectivity index (χ4n) is 6.35. The molecule has 0 radical (unpaired) electrons. The molecule has 0 heterocycles. The smallest absolute Gasteiger partial charge is 0.306 e. The molecule has 0 aliphatic carbocycles. The average Bonchev–Trinajstić information content (AvgIpc) is 3.01. The number of rotatable bonds is 37. The molecule has 0 aromatic heterocycles. The first-order valence-corrected chi connectivity index (χ1v) is 20.0. The maximum atomic E-state index is 12.5. The Bertz CT molecular complexity index is 590. The number of hydrogen-bond acceptors (Lipinski definition) is 3. The van der Waals surface area contributed by atoms with E-state index in [1.54, 1.807) is 0 Å². The highest BCUT2D eigenvalue weighted by molar-refractivity contribution is 5.69. The van der Waals surface area contributed by atoms with Gasteiger partial charge in [-0.2, -0.15) is 0 Å².